The summed E-state index contributed by atoms with van der Waals surface area (Å²) in [7, 11) is 3.11. The number of nitrogens with one attached hydrogen (secondary N) is 4. The predicted octanol–water partition coefficient (Wildman–Crippen LogP) is 1.86. The minimum atomic E-state index is -0.972. The van der Waals surface area contributed by atoms with Crippen molar-refractivity contribution in [2.75, 3.05) is 33.9 Å². The van der Waals surface area contributed by atoms with Crippen molar-refractivity contribution < 1.29 is 28.7 Å². The van der Waals surface area contributed by atoms with E-state index >= 15 is 0 Å². The van der Waals surface area contributed by atoms with E-state index in [4.69, 9.17) is 9.47 Å². The first-order valence-electron chi connectivity index (χ1n) is 15.6. The second-order valence-corrected chi connectivity index (χ2v) is 11.9. The summed E-state index contributed by atoms with van der Waals surface area (Å²) in [5.41, 5.74) is 1.41. The second kappa shape index (κ2) is 16.4. The number of ether oxygens (including phenoxy) is 2. The van der Waals surface area contributed by atoms with Gasteiger partial charge in [0, 0.05) is 37.3 Å². The molecule has 13 heteroatoms. The Morgan fingerprint density at radius 3 is 2.45 bits per heavy atom. The van der Waals surface area contributed by atoms with Crippen LogP contribution in [-0.4, -0.2) is 84.4 Å². The molecule has 4 amide bonds. The van der Waals surface area contributed by atoms with Crippen molar-refractivity contribution in [2.24, 2.45) is 5.92 Å². The van der Waals surface area contributed by atoms with Crippen LogP contribution in [-0.2, 0) is 22.4 Å². The minimum Gasteiger partial charge on any atom is -0.497 e. The van der Waals surface area contributed by atoms with Crippen molar-refractivity contribution in [3.63, 3.8) is 0 Å². The standard InChI is InChI=1S/C34H42N6O7/c1-21(2)14-25-19-40(34(45)28-17-37-30(41)18-36-28)20-31(42)35-13-5-6-23-16-24(9-12-29(23)47-4)32(43)39-27(33(44)38-25)15-22-7-10-26(46-3)11-8-22/h7-12,16-18,21,25,27H,5-6,13-15,19-20H2,1-4H3,(H,35,42)(H,37,41)(H,38,44)(H,39,43)/t25-,27-/m0/s1. The monoisotopic (exact) mass is 646 g/mol. The average Bonchev–Trinajstić information content (AvgIpc) is 3.05. The Morgan fingerprint density at radius 2 is 1.79 bits per heavy atom. The van der Waals surface area contributed by atoms with E-state index in [2.05, 4.69) is 25.9 Å². The summed E-state index contributed by atoms with van der Waals surface area (Å²) < 4.78 is 10.8. The second-order valence-electron chi connectivity index (χ2n) is 11.9. The molecule has 0 unspecified atom stereocenters. The highest BCUT2D eigenvalue weighted by Crippen LogP contribution is 2.22. The summed E-state index contributed by atoms with van der Waals surface area (Å²) in [5.74, 6) is -0.486. The molecule has 0 saturated carbocycles. The molecule has 0 radical (unpaired) electrons. The molecule has 250 valence electrons. The first kappa shape index (κ1) is 34.7. The summed E-state index contributed by atoms with van der Waals surface area (Å²) >= 11 is 0. The van der Waals surface area contributed by atoms with Gasteiger partial charge in [0.1, 0.15) is 23.2 Å². The molecule has 1 aliphatic heterocycles. The number of fused-ring (bicyclic) bond motifs is 2. The van der Waals surface area contributed by atoms with Crippen molar-refractivity contribution in [3.8, 4) is 11.5 Å². The third-order valence-corrected chi connectivity index (χ3v) is 7.76. The van der Waals surface area contributed by atoms with E-state index in [-0.39, 0.29) is 31.1 Å². The number of rotatable bonds is 7. The summed E-state index contributed by atoms with van der Waals surface area (Å²) in [6, 6.07) is 10.8. The normalized spacial score (nSPS) is 18.1. The topological polar surface area (TPSA) is 172 Å². The molecule has 0 aliphatic carbocycles. The van der Waals surface area contributed by atoms with Crippen molar-refractivity contribution >= 4 is 23.6 Å². The molecule has 47 heavy (non-hydrogen) atoms. The molecule has 2 aromatic carbocycles. The van der Waals surface area contributed by atoms with E-state index in [1.165, 1.54) is 11.1 Å². The molecular weight excluding hydrogens is 604 g/mol. The zero-order chi connectivity index (χ0) is 33.9. The number of aromatic nitrogens is 2. The van der Waals surface area contributed by atoms with Gasteiger partial charge in [-0.3, -0.25) is 24.0 Å². The number of nitrogens with zero attached hydrogens (tertiary/aromatic N) is 2. The van der Waals surface area contributed by atoms with Gasteiger partial charge in [-0.25, -0.2) is 4.98 Å². The highest BCUT2D eigenvalue weighted by atomic mass is 16.5. The summed E-state index contributed by atoms with van der Waals surface area (Å²) in [6.45, 7) is 3.96. The lowest BCUT2D eigenvalue weighted by Crippen LogP contribution is -2.54. The quantitative estimate of drug-likeness (QED) is 0.301. The van der Waals surface area contributed by atoms with E-state index in [0.717, 1.165) is 17.3 Å². The smallest absolute Gasteiger partial charge is 0.274 e. The lowest BCUT2D eigenvalue weighted by atomic mass is 10.0. The molecule has 13 nitrogen and oxygen atoms in total. The van der Waals surface area contributed by atoms with Gasteiger partial charge in [0.05, 0.1) is 27.0 Å². The lowest BCUT2D eigenvalue weighted by Gasteiger charge is -2.30. The highest BCUT2D eigenvalue weighted by molar-refractivity contribution is 5.98. The van der Waals surface area contributed by atoms with Crippen LogP contribution in [0.3, 0.4) is 0 Å². The van der Waals surface area contributed by atoms with Crippen LogP contribution in [0.1, 0.15) is 58.7 Å². The number of amides is 4. The Balaban J connectivity index is 1.71. The van der Waals surface area contributed by atoms with Crippen LogP contribution in [0.5, 0.6) is 11.5 Å². The third kappa shape index (κ3) is 9.89. The maximum Gasteiger partial charge on any atom is 0.274 e. The number of carbonyl (C=O) groups excluding carboxylic acids is 4. The number of hydrogen-bond donors (Lipinski definition) is 4. The van der Waals surface area contributed by atoms with Crippen molar-refractivity contribution in [1.82, 2.24) is 30.8 Å². The van der Waals surface area contributed by atoms with Gasteiger partial charge in [-0.2, -0.15) is 0 Å². The molecule has 2 atom stereocenters. The molecule has 4 N–H and O–H groups in total. The fourth-order valence-electron chi connectivity index (χ4n) is 5.46. The molecule has 0 saturated heterocycles. The lowest BCUT2D eigenvalue weighted by molar-refractivity contribution is -0.123. The van der Waals surface area contributed by atoms with Crippen LogP contribution in [0, 0.1) is 5.92 Å². The van der Waals surface area contributed by atoms with Gasteiger partial charge in [0.2, 0.25) is 11.8 Å². The van der Waals surface area contributed by atoms with E-state index in [1.54, 1.807) is 44.6 Å². The van der Waals surface area contributed by atoms with E-state index in [0.29, 0.717) is 42.9 Å². The molecule has 4 rings (SSSR count). The maximum absolute atomic E-state index is 14.0. The zero-order valence-corrected chi connectivity index (χ0v) is 27.1. The molecule has 3 aromatic rings. The zero-order valence-electron chi connectivity index (χ0n) is 27.1. The average molecular weight is 647 g/mol. The fraction of sp³-hybridized carbons (Fsp3) is 0.412. The Bertz CT molecular complexity index is 1600. The summed E-state index contributed by atoms with van der Waals surface area (Å²) in [4.78, 5) is 73.6. The van der Waals surface area contributed by atoms with Crippen molar-refractivity contribution in [3.05, 3.63) is 87.6 Å². The molecule has 2 heterocycles. The summed E-state index contributed by atoms with van der Waals surface area (Å²) in [6.07, 6.45) is 3.89. The summed E-state index contributed by atoms with van der Waals surface area (Å²) in [5, 5.41) is 8.81. The van der Waals surface area contributed by atoms with Crippen LogP contribution in [0.2, 0.25) is 0 Å². The number of H-pyrrole nitrogens is 1. The van der Waals surface area contributed by atoms with Crippen molar-refractivity contribution in [2.45, 2.75) is 51.6 Å². The molecule has 0 spiro atoms. The Morgan fingerprint density at radius 1 is 1.02 bits per heavy atom. The molecule has 0 fully saturated rings. The van der Waals surface area contributed by atoms with E-state index in [1.807, 2.05) is 26.0 Å². The van der Waals surface area contributed by atoms with Gasteiger partial charge in [-0.05, 0) is 66.6 Å². The molecule has 2 bridgehead atoms. The largest absolute Gasteiger partial charge is 0.497 e. The number of methoxy groups -OCH3 is 2. The Kier molecular flexibility index (Phi) is 12.1. The van der Waals surface area contributed by atoms with Crippen LogP contribution in [0.25, 0.3) is 0 Å². The maximum atomic E-state index is 14.0. The third-order valence-electron chi connectivity index (χ3n) is 7.76. The van der Waals surface area contributed by atoms with Crippen LogP contribution in [0.4, 0.5) is 0 Å². The minimum absolute atomic E-state index is 0.0157. The van der Waals surface area contributed by atoms with Gasteiger partial charge >= 0.3 is 0 Å². The Hall–Kier alpha value is -5.20. The highest BCUT2D eigenvalue weighted by Gasteiger charge is 2.29. The van der Waals surface area contributed by atoms with E-state index < -0.39 is 41.3 Å². The van der Waals surface area contributed by atoms with Crippen LogP contribution < -0.4 is 31.0 Å². The number of aryl methyl sites for hydroxylation is 1. The van der Waals surface area contributed by atoms with Gasteiger partial charge < -0.3 is 35.3 Å². The fourth-order valence-corrected chi connectivity index (χ4v) is 5.46. The molecular formula is C34H42N6O7. The number of hydrogen-bond acceptors (Lipinski definition) is 8. The first-order valence-corrected chi connectivity index (χ1v) is 15.6. The van der Waals surface area contributed by atoms with Gasteiger partial charge in [0.25, 0.3) is 17.4 Å². The van der Waals surface area contributed by atoms with Gasteiger partial charge in [-0.1, -0.05) is 26.0 Å². The molecule has 1 aliphatic rings. The number of aromatic amines is 1. The van der Waals surface area contributed by atoms with Gasteiger partial charge in [-0.15, -0.1) is 0 Å². The SMILES string of the molecule is COc1ccc(C[C@@H]2NC(=O)c3ccc(OC)c(c3)CCCNC(=O)CN(C(=O)c3c[nH]c(=O)cn3)C[C@H](CC(C)C)NC2=O)cc1. The molecule has 1 aromatic heterocycles. The first-order chi connectivity index (χ1) is 22.6. The van der Waals surface area contributed by atoms with Crippen LogP contribution >= 0.6 is 0 Å². The van der Waals surface area contributed by atoms with Crippen LogP contribution in [0.15, 0.2) is 59.7 Å². The predicted molar refractivity (Wildman–Crippen MR) is 174 cm³/mol. The van der Waals surface area contributed by atoms with Crippen molar-refractivity contribution in [1.29, 1.82) is 0 Å². The Labute approximate surface area is 273 Å². The number of carbonyl (C=O) groups is 4. The number of benzene rings is 2. The van der Waals surface area contributed by atoms with E-state index in [9.17, 15) is 24.0 Å². The van der Waals surface area contributed by atoms with Gasteiger partial charge in [0.15, 0.2) is 0 Å².